The van der Waals surface area contributed by atoms with Crippen LogP contribution >= 0.6 is 0 Å². The molecule has 1 aliphatic rings. The summed E-state index contributed by atoms with van der Waals surface area (Å²) < 4.78 is 14.4. The van der Waals surface area contributed by atoms with Crippen molar-refractivity contribution in [3.63, 3.8) is 0 Å². The Morgan fingerprint density at radius 1 is 1.15 bits per heavy atom. The summed E-state index contributed by atoms with van der Waals surface area (Å²) in [6, 6.07) is 5.29. The van der Waals surface area contributed by atoms with Crippen molar-refractivity contribution in [3.8, 4) is 0 Å². The summed E-state index contributed by atoms with van der Waals surface area (Å²) in [4.78, 5) is 18.1. The fraction of sp³-hybridized carbons (Fsp3) is 0.600. The minimum atomic E-state index is -0.216. The van der Waals surface area contributed by atoms with Gasteiger partial charge in [-0.25, -0.2) is 9.38 Å². The van der Waals surface area contributed by atoms with Crippen molar-refractivity contribution in [2.45, 2.75) is 40.2 Å². The molecule has 0 heterocycles. The van der Waals surface area contributed by atoms with Gasteiger partial charge in [-0.2, -0.15) is 0 Å². The van der Waals surface area contributed by atoms with Gasteiger partial charge in [-0.3, -0.25) is 4.79 Å². The van der Waals surface area contributed by atoms with Crippen LogP contribution in [0.4, 0.5) is 10.1 Å². The molecule has 7 heteroatoms. The van der Waals surface area contributed by atoms with E-state index in [1.165, 1.54) is 0 Å². The van der Waals surface area contributed by atoms with Crippen molar-refractivity contribution in [1.82, 2.24) is 16.0 Å². The van der Waals surface area contributed by atoms with Crippen molar-refractivity contribution < 1.29 is 9.18 Å². The Kier molecular flexibility index (Phi) is 8.36. The zero-order chi connectivity index (χ0) is 19.6. The summed E-state index contributed by atoms with van der Waals surface area (Å²) in [5.74, 6) is 0.808. The predicted octanol–water partition coefficient (Wildman–Crippen LogP) is 2.25. The van der Waals surface area contributed by atoms with E-state index in [0.29, 0.717) is 31.3 Å². The molecule has 1 saturated carbocycles. The third kappa shape index (κ3) is 6.73. The third-order valence-electron chi connectivity index (χ3n) is 4.55. The second-order valence-electron chi connectivity index (χ2n) is 6.65. The fourth-order valence-electron chi connectivity index (χ4n) is 2.84. The molecule has 2 rings (SSSR count). The summed E-state index contributed by atoms with van der Waals surface area (Å²) in [6.07, 6.45) is 2.01. The number of rotatable bonds is 10. The van der Waals surface area contributed by atoms with Gasteiger partial charge in [-0.05, 0) is 51.3 Å². The van der Waals surface area contributed by atoms with Gasteiger partial charge in [-0.1, -0.05) is 6.07 Å². The number of nitrogens with zero attached hydrogens (tertiary/aromatic N) is 2. The lowest BCUT2D eigenvalue weighted by Gasteiger charge is -2.21. The van der Waals surface area contributed by atoms with E-state index in [-0.39, 0.29) is 17.6 Å². The average molecular weight is 378 g/mol. The van der Waals surface area contributed by atoms with Gasteiger partial charge in [0.25, 0.3) is 0 Å². The normalized spacial score (nSPS) is 14.0. The second-order valence-corrected chi connectivity index (χ2v) is 6.65. The molecule has 0 atom stereocenters. The topological polar surface area (TPSA) is 68.8 Å². The Morgan fingerprint density at radius 3 is 2.44 bits per heavy atom. The highest BCUT2D eigenvalue weighted by Gasteiger charge is 2.28. The maximum absolute atomic E-state index is 14.4. The van der Waals surface area contributed by atoms with E-state index in [4.69, 9.17) is 0 Å². The van der Waals surface area contributed by atoms with Crippen LogP contribution < -0.4 is 20.9 Å². The van der Waals surface area contributed by atoms with E-state index in [9.17, 15) is 9.18 Å². The van der Waals surface area contributed by atoms with Crippen molar-refractivity contribution >= 4 is 17.6 Å². The number of anilines is 1. The number of benzene rings is 1. The molecule has 1 aromatic carbocycles. The summed E-state index contributed by atoms with van der Waals surface area (Å²) in [5.41, 5.74) is 1.45. The summed E-state index contributed by atoms with van der Waals surface area (Å²) in [6.45, 7) is 9.85. The number of carbonyl (C=O) groups excluding carboxylic acids is 1. The molecule has 6 nitrogen and oxygen atoms in total. The van der Waals surface area contributed by atoms with Crippen molar-refractivity contribution in [2.75, 3.05) is 37.6 Å². The molecular formula is C20H32FN5O. The quantitative estimate of drug-likeness (QED) is 0.332. The average Bonchev–Trinajstić information content (AvgIpc) is 3.50. The molecule has 1 fully saturated rings. The zero-order valence-electron chi connectivity index (χ0n) is 16.6. The highest BCUT2D eigenvalue weighted by Crippen LogP contribution is 2.28. The Balaban J connectivity index is 1.87. The molecule has 27 heavy (non-hydrogen) atoms. The lowest BCUT2D eigenvalue weighted by atomic mass is 10.2. The number of aliphatic imine (C=N–C) groups is 1. The monoisotopic (exact) mass is 377 g/mol. The molecule has 1 aliphatic carbocycles. The van der Waals surface area contributed by atoms with E-state index in [2.05, 4.69) is 20.9 Å². The smallest absolute Gasteiger partial charge is 0.223 e. The standard InChI is InChI=1S/C20H32FN5O/c1-4-22-20(24-12-11-23-19(27)16-8-9-16)25-14-15-7-10-18(17(21)13-15)26(5-2)6-3/h7,10,13,16H,4-6,8-9,11-12,14H2,1-3H3,(H,23,27)(H2,22,24,25). The van der Waals surface area contributed by atoms with E-state index in [0.717, 1.165) is 38.0 Å². The van der Waals surface area contributed by atoms with E-state index in [1.54, 1.807) is 6.07 Å². The predicted molar refractivity (Wildman–Crippen MR) is 109 cm³/mol. The van der Waals surface area contributed by atoms with Crippen LogP contribution in [0.1, 0.15) is 39.2 Å². The van der Waals surface area contributed by atoms with Gasteiger partial charge in [0.2, 0.25) is 5.91 Å². The van der Waals surface area contributed by atoms with Crippen molar-refractivity contribution in [3.05, 3.63) is 29.6 Å². The number of carbonyl (C=O) groups is 1. The highest BCUT2D eigenvalue weighted by atomic mass is 19.1. The maximum atomic E-state index is 14.4. The number of halogens is 1. The lowest BCUT2D eigenvalue weighted by Crippen LogP contribution is -2.41. The van der Waals surface area contributed by atoms with Crippen LogP contribution in [0.15, 0.2) is 23.2 Å². The summed E-state index contributed by atoms with van der Waals surface area (Å²) in [5, 5.41) is 9.27. The van der Waals surface area contributed by atoms with Gasteiger partial charge >= 0.3 is 0 Å². The Hall–Kier alpha value is -2.31. The SMILES string of the molecule is CCNC(=NCc1ccc(N(CC)CC)c(F)c1)NCCNC(=O)C1CC1. The first-order valence-electron chi connectivity index (χ1n) is 9.92. The molecular weight excluding hydrogens is 345 g/mol. The van der Waals surface area contributed by atoms with Gasteiger partial charge in [0.05, 0.1) is 12.2 Å². The molecule has 0 saturated heterocycles. The largest absolute Gasteiger partial charge is 0.370 e. The van der Waals surface area contributed by atoms with Gasteiger partial charge in [0.15, 0.2) is 5.96 Å². The first-order chi connectivity index (χ1) is 13.1. The van der Waals surface area contributed by atoms with Crippen LogP contribution in [0.2, 0.25) is 0 Å². The van der Waals surface area contributed by atoms with Crippen LogP contribution in [0, 0.1) is 11.7 Å². The molecule has 0 aliphatic heterocycles. The van der Waals surface area contributed by atoms with Crippen LogP contribution in [-0.2, 0) is 11.3 Å². The van der Waals surface area contributed by atoms with Crippen LogP contribution in [0.25, 0.3) is 0 Å². The van der Waals surface area contributed by atoms with E-state index in [1.807, 2.05) is 37.8 Å². The molecule has 150 valence electrons. The third-order valence-corrected chi connectivity index (χ3v) is 4.55. The molecule has 1 amide bonds. The number of nitrogens with one attached hydrogen (secondary N) is 3. The minimum Gasteiger partial charge on any atom is -0.370 e. The van der Waals surface area contributed by atoms with Crippen LogP contribution in [0.3, 0.4) is 0 Å². The first-order valence-corrected chi connectivity index (χ1v) is 9.92. The number of hydrogen-bond donors (Lipinski definition) is 3. The molecule has 0 bridgehead atoms. The fourth-order valence-corrected chi connectivity index (χ4v) is 2.84. The van der Waals surface area contributed by atoms with Crippen LogP contribution in [-0.4, -0.2) is 44.6 Å². The first kappa shape index (κ1) is 21.0. The lowest BCUT2D eigenvalue weighted by molar-refractivity contribution is -0.122. The second kappa shape index (κ2) is 10.7. The number of amides is 1. The van der Waals surface area contributed by atoms with Crippen LogP contribution in [0.5, 0.6) is 0 Å². The number of hydrogen-bond acceptors (Lipinski definition) is 3. The molecule has 3 N–H and O–H groups in total. The van der Waals surface area contributed by atoms with Gasteiger partial charge in [0.1, 0.15) is 5.82 Å². The van der Waals surface area contributed by atoms with Crippen molar-refractivity contribution in [2.24, 2.45) is 10.9 Å². The Bertz CT molecular complexity index is 641. The van der Waals surface area contributed by atoms with E-state index >= 15 is 0 Å². The Morgan fingerprint density at radius 2 is 1.85 bits per heavy atom. The van der Waals surface area contributed by atoms with Gasteiger partial charge in [0, 0.05) is 38.6 Å². The molecule has 0 unspecified atom stereocenters. The summed E-state index contributed by atoms with van der Waals surface area (Å²) >= 11 is 0. The maximum Gasteiger partial charge on any atom is 0.223 e. The van der Waals surface area contributed by atoms with Crippen molar-refractivity contribution in [1.29, 1.82) is 0 Å². The zero-order valence-corrected chi connectivity index (χ0v) is 16.6. The summed E-state index contributed by atoms with van der Waals surface area (Å²) in [7, 11) is 0. The minimum absolute atomic E-state index is 0.141. The molecule has 1 aromatic rings. The molecule has 0 spiro atoms. The van der Waals surface area contributed by atoms with Gasteiger partial charge in [-0.15, -0.1) is 0 Å². The highest BCUT2D eigenvalue weighted by molar-refractivity contribution is 5.81. The molecule has 0 radical (unpaired) electrons. The number of guanidine groups is 1. The Labute approximate surface area is 161 Å². The van der Waals surface area contributed by atoms with E-state index < -0.39 is 0 Å². The molecule has 0 aromatic heterocycles. The van der Waals surface area contributed by atoms with Gasteiger partial charge < -0.3 is 20.9 Å².